The van der Waals surface area contributed by atoms with E-state index in [9.17, 15) is 14.7 Å². The highest BCUT2D eigenvalue weighted by atomic mass is 16.5. The molecule has 3 atom stereocenters. The van der Waals surface area contributed by atoms with Crippen molar-refractivity contribution in [2.24, 2.45) is 11.3 Å². The maximum atomic E-state index is 12.6. The molecular weight excluding hydrogens is 282 g/mol. The Labute approximate surface area is 128 Å². The minimum Gasteiger partial charge on any atom is -0.480 e. The van der Waals surface area contributed by atoms with E-state index in [-0.39, 0.29) is 17.2 Å². The Bertz CT molecular complexity index is 610. The third-order valence-electron chi connectivity index (χ3n) is 5.50. The Morgan fingerprint density at radius 1 is 1.32 bits per heavy atom. The van der Waals surface area contributed by atoms with Crippen molar-refractivity contribution in [1.29, 1.82) is 0 Å². The topological polar surface area (TPSA) is 66.8 Å². The number of carbonyl (C=O) groups is 2. The maximum Gasteiger partial charge on any atom is 0.326 e. The van der Waals surface area contributed by atoms with Crippen molar-refractivity contribution in [3.8, 4) is 0 Å². The molecule has 1 saturated carbocycles. The highest BCUT2D eigenvalue weighted by molar-refractivity contribution is 5.89. The second-order valence-corrected chi connectivity index (χ2v) is 6.73. The van der Waals surface area contributed by atoms with Gasteiger partial charge in [-0.2, -0.15) is 0 Å². The quantitative estimate of drug-likeness (QED) is 0.918. The van der Waals surface area contributed by atoms with Crippen LogP contribution in [-0.2, 0) is 20.9 Å². The number of carbonyl (C=O) groups excluding carboxylic acids is 1. The Hall–Kier alpha value is -1.88. The zero-order chi connectivity index (χ0) is 15.3. The lowest BCUT2D eigenvalue weighted by atomic mass is 9.79. The van der Waals surface area contributed by atoms with Crippen molar-refractivity contribution in [3.05, 3.63) is 35.9 Å². The van der Waals surface area contributed by atoms with Crippen LogP contribution < -0.4 is 0 Å². The van der Waals surface area contributed by atoms with Crippen molar-refractivity contribution in [2.45, 2.75) is 38.0 Å². The van der Waals surface area contributed by atoms with E-state index >= 15 is 0 Å². The first kappa shape index (κ1) is 13.8. The van der Waals surface area contributed by atoms with Crippen molar-refractivity contribution >= 4 is 11.9 Å². The average Bonchev–Trinajstić information content (AvgIpc) is 3.23. The van der Waals surface area contributed by atoms with E-state index in [2.05, 4.69) is 0 Å². The second-order valence-electron chi connectivity index (χ2n) is 6.73. The highest BCUT2D eigenvalue weighted by Crippen LogP contribution is 2.62. The van der Waals surface area contributed by atoms with Gasteiger partial charge in [0.15, 0.2) is 0 Å². The van der Waals surface area contributed by atoms with Gasteiger partial charge in [-0.05, 0) is 30.2 Å². The predicted molar refractivity (Wildman–Crippen MR) is 77.9 cm³/mol. The van der Waals surface area contributed by atoms with E-state index in [0.717, 1.165) is 18.4 Å². The Kier molecular flexibility index (Phi) is 3.01. The summed E-state index contributed by atoms with van der Waals surface area (Å²) in [4.78, 5) is 25.6. The van der Waals surface area contributed by atoms with Crippen LogP contribution in [-0.4, -0.2) is 40.6 Å². The predicted octanol–water partition coefficient (Wildman–Crippen LogP) is 1.67. The molecule has 1 amide bonds. The first-order valence-electron chi connectivity index (χ1n) is 7.80. The summed E-state index contributed by atoms with van der Waals surface area (Å²) in [5.41, 5.74) is 1.05. The largest absolute Gasteiger partial charge is 0.480 e. The molecule has 4 rings (SSSR count). The van der Waals surface area contributed by atoms with Gasteiger partial charge in [-0.3, -0.25) is 4.79 Å². The molecule has 2 bridgehead atoms. The third-order valence-corrected chi connectivity index (χ3v) is 5.50. The number of aliphatic carboxylic acids is 1. The molecule has 2 heterocycles. The minimum absolute atomic E-state index is 0.0209. The smallest absolute Gasteiger partial charge is 0.326 e. The number of benzene rings is 1. The van der Waals surface area contributed by atoms with Crippen LogP contribution in [0.1, 0.15) is 24.8 Å². The normalized spacial score (nSPS) is 31.5. The molecule has 1 aromatic rings. The first-order valence-corrected chi connectivity index (χ1v) is 7.80. The number of hydrogen-bond acceptors (Lipinski definition) is 3. The fraction of sp³-hybridized carbons (Fsp3) is 0.529. The van der Waals surface area contributed by atoms with Gasteiger partial charge in [0.25, 0.3) is 5.91 Å². The van der Waals surface area contributed by atoms with Crippen LogP contribution in [0.3, 0.4) is 0 Å². The van der Waals surface area contributed by atoms with E-state index in [4.69, 9.17) is 4.74 Å². The Morgan fingerprint density at radius 3 is 2.68 bits per heavy atom. The van der Waals surface area contributed by atoms with E-state index < -0.39 is 18.1 Å². The third kappa shape index (κ3) is 2.03. The van der Waals surface area contributed by atoms with Gasteiger partial charge < -0.3 is 14.7 Å². The van der Waals surface area contributed by atoms with E-state index in [1.165, 1.54) is 4.90 Å². The monoisotopic (exact) mass is 301 g/mol. The van der Waals surface area contributed by atoms with Crippen LogP contribution >= 0.6 is 0 Å². The molecule has 5 nitrogen and oxygen atoms in total. The number of carboxylic acids is 1. The molecule has 0 aromatic heterocycles. The molecule has 2 unspecified atom stereocenters. The van der Waals surface area contributed by atoms with Gasteiger partial charge in [0.2, 0.25) is 0 Å². The summed E-state index contributed by atoms with van der Waals surface area (Å²) in [5.74, 6) is -0.877. The number of nitrogens with zero attached hydrogens (tertiary/aromatic N) is 1. The van der Waals surface area contributed by atoms with Crippen LogP contribution in [0, 0.1) is 11.3 Å². The lowest BCUT2D eigenvalue weighted by Gasteiger charge is -2.35. The fourth-order valence-corrected chi connectivity index (χ4v) is 4.08. The van der Waals surface area contributed by atoms with Crippen LogP contribution in [0.4, 0.5) is 0 Å². The molecule has 3 fully saturated rings. The molecular formula is C17H19NO4. The van der Waals surface area contributed by atoms with Crippen LogP contribution in [0.2, 0.25) is 0 Å². The number of rotatable bonds is 4. The summed E-state index contributed by atoms with van der Waals surface area (Å²) in [6, 6.07) is 9.10. The van der Waals surface area contributed by atoms with Gasteiger partial charge in [-0.1, -0.05) is 30.3 Å². The van der Waals surface area contributed by atoms with Crippen LogP contribution in [0.5, 0.6) is 0 Å². The molecule has 1 N–H and O–H groups in total. The van der Waals surface area contributed by atoms with E-state index in [1.54, 1.807) is 0 Å². The van der Waals surface area contributed by atoms with Crippen LogP contribution in [0.25, 0.3) is 0 Å². The molecule has 116 valence electrons. The number of carboxylic acid groups (broad SMARTS) is 1. The fourth-order valence-electron chi connectivity index (χ4n) is 4.08. The maximum absolute atomic E-state index is 12.6. The van der Waals surface area contributed by atoms with E-state index in [0.29, 0.717) is 19.6 Å². The van der Waals surface area contributed by atoms with Gasteiger partial charge in [0.05, 0.1) is 6.61 Å². The molecule has 5 heteroatoms. The number of amides is 1. The summed E-state index contributed by atoms with van der Waals surface area (Å²) in [6.07, 6.45) is 2.15. The average molecular weight is 301 g/mol. The molecule has 0 radical (unpaired) electrons. The number of fused-ring (bicyclic) bond motifs is 3. The van der Waals surface area contributed by atoms with Gasteiger partial charge in [0, 0.05) is 12.5 Å². The summed E-state index contributed by atoms with van der Waals surface area (Å²) >= 11 is 0. The Balaban J connectivity index is 1.54. The lowest BCUT2D eigenvalue weighted by molar-refractivity contribution is -0.151. The van der Waals surface area contributed by atoms with Crippen molar-refractivity contribution < 1.29 is 19.4 Å². The van der Waals surface area contributed by atoms with E-state index in [1.807, 2.05) is 30.3 Å². The Morgan fingerprint density at radius 2 is 2.05 bits per heavy atom. The zero-order valence-corrected chi connectivity index (χ0v) is 12.3. The van der Waals surface area contributed by atoms with Gasteiger partial charge in [-0.25, -0.2) is 4.79 Å². The molecule has 22 heavy (non-hydrogen) atoms. The summed E-state index contributed by atoms with van der Waals surface area (Å²) in [6.45, 7) is 0.935. The molecule has 1 aliphatic carbocycles. The zero-order valence-electron chi connectivity index (χ0n) is 12.3. The van der Waals surface area contributed by atoms with Crippen molar-refractivity contribution in [3.63, 3.8) is 0 Å². The SMILES string of the molecule is O=C(O)[C@@H]1CC2(CC2)C2CN1C(=O)C2OCc1ccccc1. The summed E-state index contributed by atoms with van der Waals surface area (Å²) < 4.78 is 5.93. The standard InChI is InChI=1S/C17H19NO4/c19-15-14(22-10-11-4-2-1-3-5-11)12-9-18(15)13(16(20)21)8-17(12)6-7-17/h1-5,12-14H,6-10H2,(H,20,21)/t12?,13-,14?/m0/s1. The van der Waals surface area contributed by atoms with Gasteiger partial charge in [-0.15, -0.1) is 0 Å². The number of piperidine rings is 1. The highest BCUT2D eigenvalue weighted by Gasteiger charge is 2.64. The van der Waals surface area contributed by atoms with Gasteiger partial charge >= 0.3 is 5.97 Å². The molecule has 2 aliphatic heterocycles. The van der Waals surface area contributed by atoms with Crippen molar-refractivity contribution in [1.82, 2.24) is 4.90 Å². The molecule has 1 spiro atoms. The molecule has 2 saturated heterocycles. The molecule has 1 aromatic carbocycles. The van der Waals surface area contributed by atoms with Gasteiger partial charge in [0.1, 0.15) is 12.1 Å². The number of ether oxygens (including phenoxy) is 1. The van der Waals surface area contributed by atoms with Crippen molar-refractivity contribution in [2.75, 3.05) is 6.54 Å². The lowest BCUT2D eigenvalue weighted by Crippen LogP contribution is -2.47. The first-order chi connectivity index (χ1) is 10.6. The summed E-state index contributed by atoms with van der Waals surface area (Å²) in [5, 5.41) is 9.40. The minimum atomic E-state index is -0.887. The van der Waals surface area contributed by atoms with Crippen LogP contribution in [0.15, 0.2) is 30.3 Å². The summed E-state index contributed by atoms with van der Waals surface area (Å²) in [7, 11) is 0. The second kappa shape index (κ2) is 4.81. The molecule has 3 aliphatic rings. The number of hydrogen-bond donors (Lipinski definition) is 1.